The van der Waals surface area contributed by atoms with Gasteiger partial charge in [0, 0.05) is 23.8 Å². The van der Waals surface area contributed by atoms with Crippen molar-refractivity contribution in [2.24, 2.45) is 11.8 Å². The van der Waals surface area contributed by atoms with E-state index in [0.29, 0.717) is 11.8 Å². The molecule has 2 rings (SSSR count). The number of hydrogen-bond donors (Lipinski definition) is 0. The van der Waals surface area contributed by atoms with Crippen LogP contribution in [-0.4, -0.2) is 13.3 Å². The van der Waals surface area contributed by atoms with Crippen LogP contribution in [0.15, 0.2) is 36.0 Å². The summed E-state index contributed by atoms with van der Waals surface area (Å²) in [6.07, 6.45) is 4.86. The van der Waals surface area contributed by atoms with Crippen molar-refractivity contribution in [3.63, 3.8) is 0 Å². The molecule has 114 valence electrons. The summed E-state index contributed by atoms with van der Waals surface area (Å²) in [5, 5.41) is 0. The van der Waals surface area contributed by atoms with E-state index in [1.807, 2.05) is 0 Å². The Kier molecular flexibility index (Phi) is 4.55. The minimum Gasteiger partial charge on any atom is -0.347 e. The van der Waals surface area contributed by atoms with E-state index < -0.39 is 0 Å². The summed E-state index contributed by atoms with van der Waals surface area (Å²) in [6.45, 7) is 9.06. The number of rotatable bonds is 5. The van der Waals surface area contributed by atoms with Gasteiger partial charge < -0.3 is 4.90 Å². The summed E-state index contributed by atoms with van der Waals surface area (Å²) in [5.41, 5.74) is 3.74. The Morgan fingerprint density at radius 3 is 2.19 bits per heavy atom. The minimum atomic E-state index is -0.0331. The first-order valence-electron chi connectivity index (χ1n) is 7.91. The van der Waals surface area contributed by atoms with E-state index in [4.69, 9.17) is 0 Å². The predicted octanol–water partition coefficient (Wildman–Crippen LogP) is 4.55. The normalized spacial score (nSPS) is 18.6. The highest BCUT2D eigenvalue weighted by atomic mass is 16.1. The van der Waals surface area contributed by atoms with E-state index in [-0.39, 0.29) is 5.41 Å². The van der Waals surface area contributed by atoms with Crippen molar-refractivity contribution in [3.8, 4) is 0 Å². The van der Waals surface area contributed by atoms with Gasteiger partial charge in [-0.15, -0.1) is 0 Å². The average molecular weight is 285 g/mol. The van der Waals surface area contributed by atoms with Crippen molar-refractivity contribution in [3.05, 3.63) is 41.6 Å². The number of nitrogens with zero attached hydrogens (tertiary/aromatic N) is 1. The molecular weight excluding hydrogens is 258 g/mol. The number of benzene rings is 1. The van der Waals surface area contributed by atoms with Crippen LogP contribution >= 0.6 is 0 Å². The smallest absolute Gasteiger partial charge is 0.144 e. The predicted molar refractivity (Wildman–Crippen MR) is 89.6 cm³/mol. The second kappa shape index (κ2) is 6.05. The van der Waals surface area contributed by atoms with Crippen molar-refractivity contribution in [1.82, 2.24) is 0 Å². The molecule has 0 saturated carbocycles. The third-order valence-corrected chi connectivity index (χ3v) is 4.37. The zero-order valence-corrected chi connectivity index (χ0v) is 13.9. The lowest BCUT2D eigenvalue weighted by Crippen LogP contribution is -2.33. The fourth-order valence-corrected chi connectivity index (χ4v) is 4.00. The van der Waals surface area contributed by atoms with Crippen LogP contribution in [0.3, 0.4) is 0 Å². The highest BCUT2D eigenvalue weighted by Gasteiger charge is 2.46. The molecule has 1 aliphatic rings. The molecule has 2 nitrogen and oxygen atoms in total. The number of allylic oxidation sites excluding steroid dienone is 2. The molecule has 1 aliphatic heterocycles. The van der Waals surface area contributed by atoms with Gasteiger partial charge in [0.2, 0.25) is 0 Å². The highest BCUT2D eigenvalue weighted by Crippen LogP contribution is 2.53. The Bertz CT molecular complexity index is 532. The Labute approximate surface area is 128 Å². The highest BCUT2D eigenvalue weighted by molar-refractivity contribution is 5.77. The summed E-state index contributed by atoms with van der Waals surface area (Å²) < 4.78 is 0. The molecule has 0 radical (unpaired) electrons. The first-order chi connectivity index (χ1) is 9.92. The first-order valence-corrected chi connectivity index (χ1v) is 7.91. The summed E-state index contributed by atoms with van der Waals surface area (Å²) in [4.78, 5) is 13.4. The van der Waals surface area contributed by atoms with Gasteiger partial charge in [0.05, 0.1) is 0 Å². The number of aldehydes is 1. The van der Waals surface area contributed by atoms with Gasteiger partial charge in [-0.1, -0.05) is 45.9 Å². The van der Waals surface area contributed by atoms with Crippen molar-refractivity contribution >= 4 is 12.0 Å². The molecule has 2 heteroatoms. The lowest BCUT2D eigenvalue weighted by molar-refractivity contribution is -0.104. The van der Waals surface area contributed by atoms with Gasteiger partial charge in [-0.25, -0.2) is 0 Å². The second-order valence-electron chi connectivity index (χ2n) is 7.04. The van der Waals surface area contributed by atoms with Crippen LogP contribution in [0.5, 0.6) is 0 Å². The molecule has 21 heavy (non-hydrogen) atoms. The topological polar surface area (TPSA) is 20.3 Å². The van der Waals surface area contributed by atoms with Gasteiger partial charge in [-0.05, 0) is 42.4 Å². The van der Waals surface area contributed by atoms with Crippen LogP contribution in [0, 0.1) is 11.8 Å². The van der Waals surface area contributed by atoms with Crippen LogP contribution < -0.4 is 4.90 Å². The Hall–Kier alpha value is -1.57. The number of carbonyl (C=O) groups excluding carboxylic acids is 1. The molecule has 0 N–H and O–H groups in total. The molecule has 0 aliphatic carbocycles. The van der Waals surface area contributed by atoms with Gasteiger partial charge in [0.15, 0.2) is 0 Å². The van der Waals surface area contributed by atoms with E-state index in [1.54, 1.807) is 6.08 Å². The Morgan fingerprint density at radius 2 is 1.67 bits per heavy atom. The molecule has 0 spiro atoms. The van der Waals surface area contributed by atoms with E-state index >= 15 is 0 Å². The molecule has 0 bridgehead atoms. The fourth-order valence-electron chi connectivity index (χ4n) is 4.00. The zero-order valence-electron chi connectivity index (χ0n) is 13.9. The Morgan fingerprint density at radius 1 is 1.10 bits per heavy atom. The lowest BCUT2D eigenvalue weighted by Gasteiger charge is -2.36. The molecule has 1 aromatic carbocycles. The van der Waals surface area contributed by atoms with Crippen molar-refractivity contribution in [1.29, 1.82) is 0 Å². The molecule has 0 saturated heterocycles. The number of anilines is 1. The van der Waals surface area contributed by atoms with Crippen LogP contribution in [0.2, 0.25) is 0 Å². The van der Waals surface area contributed by atoms with Crippen molar-refractivity contribution in [2.45, 2.75) is 46.0 Å². The summed E-state index contributed by atoms with van der Waals surface area (Å²) in [7, 11) is 2.08. The fraction of sp³-hybridized carbons (Fsp3) is 0.526. The maximum atomic E-state index is 11.2. The number of fused-ring (bicyclic) bond motifs is 1. The third-order valence-electron chi connectivity index (χ3n) is 4.37. The second-order valence-corrected chi connectivity index (χ2v) is 7.04. The molecule has 0 atom stereocenters. The molecule has 0 fully saturated rings. The summed E-state index contributed by atoms with van der Waals surface area (Å²) >= 11 is 0. The summed E-state index contributed by atoms with van der Waals surface area (Å²) in [5.74, 6) is 1.16. The van der Waals surface area contributed by atoms with Crippen molar-refractivity contribution in [2.75, 3.05) is 11.9 Å². The maximum Gasteiger partial charge on any atom is 0.144 e. The van der Waals surface area contributed by atoms with Gasteiger partial charge in [0.1, 0.15) is 6.29 Å². The van der Waals surface area contributed by atoms with Gasteiger partial charge in [-0.3, -0.25) is 4.79 Å². The van der Waals surface area contributed by atoms with Crippen LogP contribution in [0.4, 0.5) is 5.69 Å². The van der Waals surface area contributed by atoms with Crippen LogP contribution in [-0.2, 0) is 10.2 Å². The largest absolute Gasteiger partial charge is 0.347 e. The first kappa shape index (κ1) is 15.8. The van der Waals surface area contributed by atoms with Crippen LogP contribution in [0.25, 0.3) is 0 Å². The zero-order chi connectivity index (χ0) is 15.6. The SMILES string of the molecule is CC(C)CC1(CC(C)C)C(=CC=O)N(C)c2ccccc21. The van der Waals surface area contributed by atoms with Crippen LogP contribution in [0.1, 0.15) is 46.1 Å². The third kappa shape index (κ3) is 2.76. The van der Waals surface area contributed by atoms with Gasteiger partial charge in [0.25, 0.3) is 0 Å². The van der Waals surface area contributed by atoms with E-state index in [2.05, 4.69) is 63.9 Å². The van der Waals surface area contributed by atoms with Gasteiger partial charge >= 0.3 is 0 Å². The average Bonchev–Trinajstić information content (AvgIpc) is 2.61. The number of hydrogen-bond acceptors (Lipinski definition) is 2. The molecular formula is C19H27NO. The molecule has 1 heterocycles. The summed E-state index contributed by atoms with van der Waals surface area (Å²) in [6, 6.07) is 8.60. The molecule has 0 unspecified atom stereocenters. The molecule has 0 amide bonds. The monoisotopic (exact) mass is 285 g/mol. The van der Waals surface area contributed by atoms with E-state index in [9.17, 15) is 4.79 Å². The van der Waals surface area contributed by atoms with Gasteiger partial charge in [-0.2, -0.15) is 0 Å². The number of para-hydroxylation sites is 1. The molecule has 0 aromatic heterocycles. The standard InChI is InChI=1S/C19H27NO/c1-14(2)12-19(13-15(3)4)16-8-6-7-9-17(16)20(5)18(19)10-11-21/h6-11,14-15H,12-13H2,1-5H3. The number of likely N-dealkylation sites (N-methyl/N-ethyl adjacent to an activating group) is 1. The number of carbonyl (C=O) groups is 1. The quantitative estimate of drug-likeness (QED) is 0.584. The Balaban J connectivity index is 2.66. The maximum absolute atomic E-state index is 11.2. The van der Waals surface area contributed by atoms with E-state index in [1.165, 1.54) is 11.3 Å². The van der Waals surface area contributed by atoms with Crippen molar-refractivity contribution < 1.29 is 4.79 Å². The minimum absolute atomic E-state index is 0.0331. The lowest BCUT2D eigenvalue weighted by atomic mass is 9.69. The van der Waals surface area contributed by atoms with E-state index in [0.717, 1.165) is 24.8 Å². The molecule has 1 aromatic rings.